The second-order valence-corrected chi connectivity index (χ2v) is 7.88. The molecule has 1 saturated heterocycles. The number of fused-ring (bicyclic) bond motifs is 1. The van der Waals surface area contributed by atoms with Gasteiger partial charge in [-0.05, 0) is 57.4 Å². The maximum Gasteiger partial charge on any atom is 0.420 e. The molecule has 0 radical (unpaired) electrons. The molecule has 7 nitrogen and oxygen atoms in total. The molecule has 0 bridgehead atoms. The molecule has 1 atom stereocenters. The highest BCUT2D eigenvalue weighted by Gasteiger charge is 2.28. The van der Waals surface area contributed by atoms with Crippen LogP contribution in [0.25, 0.3) is 11.1 Å². The molecule has 1 aliphatic heterocycles. The van der Waals surface area contributed by atoms with Crippen molar-refractivity contribution in [3.63, 3.8) is 0 Å². The lowest BCUT2D eigenvalue weighted by molar-refractivity contribution is -0.133. The van der Waals surface area contributed by atoms with Crippen LogP contribution >= 0.6 is 11.6 Å². The second kappa shape index (κ2) is 7.13. The fraction of sp³-hybridized carbons (Fsp3) is 0.450. The molecule has 8 heteroatoms. The molecule has 0 unspecified atom stereocenters. The van der Waals surface area contributed by atoms with Crippen molar-refractivity contribution in [3.05, 3.63) is 50.7 Å². The highest BCUT2D eigenvalue weighted by molar-refractivity contribution is 6.31. The Balaban J connectivity index is 1.57. The summed E-state index contributed by atoms with van der Waals surface area (Å²) >= 11 is 6.11. The van der Waals surface area contributed by atoms with Gasteiger partial charge in [-0.1, -0.05) is 11.6 Å². The topological polar surface area (TPSA) is 73.3 Å². The smallest absolute Gasteiger partial charge is 0.408 e. The fourth-order valence-corrected chi connectivity index (χ4v) is 4.08. The number of likely N-dealkylation sites (tertiary alicyclic amines) is 1. The molecular formula is C20H23ClN4O3. The van der Waals surface area contributed by atoms with Gasteiger partial charge in [0.2, 0.25) is 5.91 Å². The molecule has 0 aliphatic carbocycles. The molecule has 3 aromatic rings. The highest BCUT2D eigenvalue weighted by atomic mass is 35.5. The van der Waals surface area contributed by atoms with Gasteiger partial charge < -0.3 is 9.32 Å². The van der Waals surface area contributed by atoms with Crippen LogP contribution in [-0.2, 0) is 11.3 Å². The summed E-state index contributed by atoms with van der Waals surface area (Å²) in [7, 11) is 0. The molecule has 1 aromatic carbocycles. The van der Waals surface area contributed by atoms with Crippen molar-refractivity contribution in [1.29, 1.82) is 0 Å². The number of carbonyl (C=O) groups is 1. The summed E-state index contributed by atoms with van der Waals surface area (Å²) in [5.74, 6) is -0.403. The molecule has 1 amide bonds. The van der Waals surface area contributed by atoms with Crippen LogP contribution in [0, 0.1) is 20.8 Å². The Morgan fingerprint density at radius 3 is 2.82 bits per heavy atom. The monoisotopic (exact) mass is 402 g/mol. The predicted octanol–water partition coefficient (Wildman–Crippen LogP) is 3.23. The van der Waals surface area contributed by atoms with E-state index in [1.807, 2.05) is 25.7 Å². The predicted molar refractivity (Wildman–Crippen MR) is 107 cm³/mol. The average Bonchev–Trinajstić information content (AvgIpc) is 3.12. The van der Waals surface area contributed by atoms with Crippen molar-refractivity contribution < 1.29 is 9.21 Å². The van der Waals surface area contributed by atoms with Crippen LogP contribution in [0.1, 0.15) is 35.8 Å². The van der Waals surface area contributed by atoms with E-state index in [1.54, 1.807) is 27.4 Å². The van der Waals surface area contributed by atoms with Crippen molar-refractivity contribution in [2.45, 2.75) is 46.2 Å². The quantitative estimate of drug-likeness (QED) is 0.674. The molecule has 3 heterocycles. The fourth-order valence-electron chi connectivity index (χ4n) is 3.91. The number of nitrogens with zero attached hydrogens (tertiary/aromatic N) is 4. The van der Waals surface area contributed by atoms with Gasteiger partial charge in [0.05, 0.1) is 17.3 Å². The Bertz CT molecular complexity index is 1110. The SMILES string of the molecule is Cc1nn(CC(=O)N2CCC[C@@H](n3c(=O)oc4ccc(Cl)cc43)C2)c(C)c1C. The maximum absolute atomic E-state index is 12.9. The molecular weight excluding hydrogens is 380 g/mol. The summed E-state index contributed by atoms with van der Waals surface area (Å²) in [6.07, 6.45) is 1.63. The highest BCUT2D eigenvalue weighted by Crippen LogP contribution is 2.27. The van der Waals surface area contributed by atoms with Gasteiger partial charge in [0.25, 0.3) is 0 Å². The number of hydrogen-bond acceptors (Lipinski definition) is 4. The first kappa shape index (κ1) is 18.8. The third kappa shape index (κ3) is 3.24. The Morgan fingerprint density at radius 1 is 1.32 bits per heavy atom. The zero-order valence-electron chi connectivity index (χ0n) is 16.2. The molecule has 28 heavy (non-hydrogen) atoms. The standard InChI is InChI=1S/C20H23ClN4O3/c1-12-13(2)22-24(14(12)3)11-19(26)23-8-4-5-16(10-23)25-17-9-15(21)6-7-18(17)28-20(25)27/h6-7,9,16H,4-5,8,10-11H2,1-3H3/t16-/m1/s1. The summed E-state index contributed by atoms with van der Waals surface area (Å²) in [5.41, 5.74) is 4.24. The van der Waals surface area contributed by atoms with E-state index in [0.29, 0.717) is 29.2 Å². The number of carbonyl (C=O) groups excluding carboxylic acids is 1. The van der Waals surface area contributed by atoms with Crippen molar-refractivity contribution >= 4 is 28.6 Å². The van der Waals surface area contributed by atoms with Gasteiger partial charge in [0, 0.05) is 23.8 Å². The van der Waals surface area contributed by atoms with Crippen LogP contribution in [-0.4, -0.2) is 38.2 Å². The van der Waals surface area contributed by atoms with Gasteiger partial charge in [0.1, 0.15) is 6.54 Å². The normalized spacial score (nSPS) is 17.4. The van der Waals surface area contributed by atoms with Crippen LogP contribution in [0.2, 0.25) is 5.02 Å². The van der Waals surface area contributed by atoms with Crippen LogP contribution < -0.4 is 5.76 Å². The molecule has 1 fully saturated rings. The van der Waals surface area contributed by atoms with Gasteiger partial charge in [-0.15, -0.1) is 0 Å². The Kier molecular flexibility index (Phi) is 4.79. The summed E-state index contributed by atoms with van der Waals surface area (Å²) in [5, 5.41) is 5.01. The number of aryl methyl sites for hydroxylation is 1. The minimum atomic E-state index is -0.411. The van der Waals surface area contributed by atoms with Crippen molar-refractivity contribution in [2.24, 2.45) is 0 Å². The van der Waals surface area contributed by atoms with Crippen molar-refractivity contribution in [1.82, 2.24) is 19.2 Å². The summed E-state index contributed by atoms with van der Waals surface area (Å²) in [6.45, 7) is 7.29. The number of rotatable bonds is 3. The molecule has 2 aromatic heterocycles. The number of halogens is 1. The van der Waals surface area contributed by atoms with E-state index in [9.17, 15) is 9.59 Å². The first-order chi connectivity index (χ1) is 13.3. The summed E-state index contributed by atoms with van der Waals surface area (Å²) in [4.78, 5) is 27.1. The van der Waals surface area contributed by atoms with E-state index in [2.05, 4.69) is 5.10 Å². The van der Waals surface area contributed by atoms with Crippen LogP contribution in [0.15, 0.2) is 27.4 Å². The molecule has 4 rings (SSSR count). The van der Waals surface area contributed by atoms with E-state index < -0.39 is 5.76 Å². The minimum absolute atomic E-state index is 0.00850. The Hall–Kier alpha value is -2.54. The Morgan fingerprint density at radius 2 is 2.11 bits per heavy atom. The summed E-state index contributed by atoms with van der Waals surface area (Å²) < 4.78 is 8.75. The second-order valence-electron chi connectivity index (χ2n) is 7.44. The van der Waals surface area contributed by atoms with Gasteiger partial charge in [-0.3, -0.25) is 14.0 Å². The first-order valence-corrected chi connectivity index (χ1v) is 9.82. The van der Waals surface area contributed by atoms with E-state index in [0.717, 1.165) is 29.8 Å². The Labute approximate surface area is 167 Å². The lowest BCUT2D eigenvalue weighted by Crippen LogP contribution is -2.43. The maximum atomic E-state index is 12.9. The van der Waals surface area contributed by atoms with Gasteiger partial charge in [0.15, 0.2) is 5.58 Å². The lowest BCUT2D eigenvalue weighted by Gasteiger charge is -2.33. The van der Waals surface area contributed by atoms with Gasteiger partial charge in [-0.25, -0.2) is 4.79 Å². The number of oxazole rings is 1. The lowest BCUT2D eigenvalue weighted by atomic mass is 10.1. The van der Waals surface area contributed by atoms with Crippen LogP contribution in [0.4, 0.5) is 0 Å². The largest absolute Gasteiger partial charge is 0.420 e. The molecule has 148 valence electrons. The van der Waals surface area contributed by atoms with E-state index in [-0.39, 0.29) is 18.5 Å². The van der Waals surface area contributed by atoms with Crippen LogP contribution in [0.5, 0.6) is 0 Å². The number of amides is 1. The molecule has 1 aliphatic rings. The van der Waals surface area contributed by atoms with E-state index in [1.165, 1.54) is 0 Å². The zero-order valence-corrected chi connectivity index (χ0v) is 17.0. The van der Waals surface area contributed by atoms with E-state index >= 15 is 0 Å². The molecule has 0 saturated carbocycles. The van der Waals surface area contributed by atoms with Crippen molar-refractivity contribution in [2.75, 3.05) is 13.1 Å². The van der Waals surface area contributed by atoms with Crippen LogP contribution in [0.3, 0.4) is 0 Å². The molecule has 0 N–H and O–H groups in total. The zero-order chi connectivity index (χ0) is 20.0. The third-order valence-corrected chi connectivity index (χ3v) is 5.95. The van der Waals surface area contributed by atoms with Crippen molar-refractivity contribution in [3.8, 4) is 0 Å². The van der Waals surface area contributed by atoms with E-state index in [4.69, 9.17) is 16.0 Å². The summed E-state index contributed by atoms with van der Waals surface area (Å²) in [6, 6.07) is 5.00. The molecule has 0 spiro atoms. The van der Waals surface area contributed by atoms with Gasteiger partial charge >= 0.3 is 5.76 Å². The first-order valence-electron chi connectivity index (χ1n) is 9.44. The number of piperidine rings is 1. The number of aromatic nitrogens is 3. The van der Waals surface area contributed by atoms with Gasteiger partial charge in [-0.2, -0.15) is 5.10 Å². The third-order valence-electron chi connectivity index (χ3n) is 5.72. The number of benzene rings is 1. The average molecular weight is 403 g/mol. The number of hydrogen-bond donors (Lipinski definition) is 0. The minimum Gasteiger partial charge on any atom is -0.408 e.